The number of rotatable bonds is 7. The lowest BCUT2D eigenvalue weighted by Gasteiger charge is -2.22. The summed E-state index contributed by atoms with van der Waals surface area (Å²) < 4.78 is 26.4. The molecule has 2 atom stereocenters. The fourth-order valence-corrected chi connectivity index (χ4v) is 3.25. The minimum atomic E-state index is -1.40. The third kappa shape index (κ3) is 5.53. The first kappa shape index (κ1) is 24.3. The molecule has 1 heterocycles. The van der Waals surface area contributed by atoms with Crippen molar-refractivity contribution in [3.63, 3.8) is 0 Å². The first-order valence-electron chi connectivity index (χ1n) is 9.95. The van der Waals surface area contributed by atoms with E-state index in [1.54, 1.807) is 0 Å². The minimum Gasteiger partial charge on any atom is -0.398 e. The highest BCUT2D eigenvalue weighted by atomic mass is 19.1. The Morgan fingerprint density at radius 2 is 1.74 bits per heavy atom. The second kappa shape index (κ2) is 10.5. The summed E-state index contributed by atoms with van der Waals surface area (Å²) in [5, 5.41) is 33.2. The lowest BCUT2D eigenvalue weighted by atomic mass is 9.99. The first-order valence-corrected chi connectivity index (χ1v) is 9.95. The fourth-order valence-electron chi connectivity index (χ4n) is 3.25. The standard InChI is InChI=1S/C24H21F2N5O3/c1-2-19(33)23(14-5-9-16(26)10-6-14)31-24(34)30-20-11-17(27)21(18(12-32)29-20)22(28)13-3-7-15(25)8-4-13/h1,3-11,19,23,28,32-33H,12H2,(H4,27,29,30,31,34)/t19-,23+/m1/s1. The van der Waals surface area contributed by atoms with Crippen LogP contribution in [0.25, 0.3) is 0 Å². The van der Waals surface area contributed by atoms with Gasteiger partial charge in [-0.2, -0.15) is 0 Å². The lowest BCUT2D eigenvalue weighted by molar-refractivity contribution is 0.181. The van der Waals surface area contributed by atoms with Gasteiger partial charge in [0.25, 0.3) is 0 Å². The molecule has 0 radical (unpaired) electrons. The molecule has 0 spiro atoms. The van der Waals surface area contributed by atoms with E-state index in [2.05, 4.69) is 21.5 Å². The number of aromatic nitrogens is 1. The van der Waals surface area contributed by atoms with Gasteiger partial charge in [-0.05, 0) is 42.0 Å². The van der Waals surface area contributed by atoms with Crippen molar-refractivity contribution in [2.45, 2.75) is 18.8 Å². The smallest absolute Gasteiger partial charge is 0.321 e. The van der Waals surface area contributed by atoms with E-state index in [4.69, 9.17) is 17.6 Å². The van der Waals surface area contributed by atoms with Crippen LogP contribution in [0.15, 0.2) is 54.6 Å². The molecular weight excluding hydrogens is 444 g/mol. The van der Waals surface area contributed by atoms with Crippen molar-refractivity contribution in [3.05, 3.63) is 88.6 Å². The fraction of sp³-hybridized carbons (Fsp3) is 0.125. The van der Waals surface area contributed by atoms with E-state index >= 15 is 0 Å². The number of nitrogen functional groups attached to an aromatic ring is 1. The van der Waals surface area contributed by atoms with Crippen LogP contribution in [0.4, 0.5) is 25.1 Å². The van der Waals surface area contributed by atoms with Gasteiger partial charge in [-0.1, -0.05) is 18.1 Å². The predicted molar refractivity (Wildman–Crippen MR) is 123 cm³/mol. The molecule has 0 saturated carbocycles. The molecule has 0 bridgehead atoms. The number of benzene rings is 2. The van der Waals surface area contributed by atoms with Gasteiger partial charge in [0.05, 0.1) is 24.1 Å². The quantitative estimate of drug-likeness (QED) is 0.235. The zero-order valence-corrected chi connectivity index (χ0v) is 17.7. The Kier molecular flexibility index (Phi) is 7.53. The van der Waals surface area contributed by atoms with Crippen LogP contribution < -0.4 is 16.4 Å². The summed E-state index contributed by atoms with van der Waals surface area (Å²) >= 11 is 0. The molecule has 0 fully saturated rings. The number of hydrogen-bond acceptors (Lipinski definition) is 6. The van der Waals surface area contributed by atoms with Gasteiger partial charge in [0, 0.05) is 22.9 Å². The average Bonchev–Trinajstić information content (AvgIpc) is 2.82. The van der Waals surface area contributed by atoms with Crippen molar-refractivity contribution >= 4 is 23.2 Å². The van der Waals surface area contributed by atoms with E-state index in [0.717, 1.165) is 12.1 Å². The second-order valence-corrected chi connectivity index (χ2v) is 7.20. The van der Waals surface area contributed by atoms with Gasteiger partial charge < -0.3 is 21.3 Å². The first-order chi connectivity index (χ1) is 16.2. The number of aliphatic hydroxyl groups is 2. The van der Waals surface area contributed by atoms with Crippen LogP contribution in [0, 0.1) is 29.4 Å². The van der Waals surface area contributed by atoms with Gasteiger partial charge in [-0.25, -0.2) is 18.6 Å². The predicted octanol–water partition coefficient (Wildman–Crippen LogP) is 2.71. The van der Waals surface area contributed by atoms with E-state index in [-0.39, 0.29) is 28.5 Å². The summed E-state index contributed by atoms with van der Waals surface area (Å²) in [6.45, 7) is -0.589. The lowest BCUT2D eigenvalue weighted by Crippen LogP contribution is -2.38. The molecule has 174 valence electrons. The van der Waals surface area contributed by atoms with Crippen molar-refractivity contribution in [2.75, 3.05) is 11.1 Å². The highest BCUT2D eigenvalue weighted by molar-refractivity contribution is 6.14. The Bertz CT molecular complexity index is 1240. The summed E-state index contributed by atoms with van der Waals surface area (Å²) in [6, 6.07) is 9.67. The molecule has 1 aromatic heterocycles. The molecule has 10 heteroatoms. The Morgan fingerprint density at radius 3 is 2.29 bits per heavy atom. The summed E-state index contributed by atoms with van der Waals surface area (Å²) in [5.74, 6) is 1.11. The molecule has 0 unspecified atom stereocenters. The normalized spacial score (nSPS) is 12.3. The number of carbonyl (C=O) groups excluding carboxylic acids is 1. The van der Waals surface area contributed by atoms with Crippen LogP contribution in [0.1, 0.15) is 28.4 Å². The molecule has 3 rings (SSSR count). The van der Waals surface area contributed by atoms with Crippen LogP contribution in [0.5, 0.6) is 0 Å². The van der Waals surface area contributed by atoms with Crippen molar-refractivity contribution in [1.29, 1.82) is 5.41 Å². The summed E-state index contributed by atoms with van der Waals surface area (Å²) in [5.41, 5.74) is 6.91. The molecule has 2 amide bonds. The van der Waals surface area contributed by atoms with Gasteiger partial charge in [0.1, 0.15) is 23.6 Å². The van der Waals surface area contributed by atoms with Gasteiger partial charge in [-0.3, -0.25) is 10.7 Å². The van der Waals surface area contributed by atoms with Crippen molar-refractivity contribution < 1.29 is 23.8 Å². The molecule has 3 aromatic rings. The number of nitrogens with one attached hydrogen (secondary N) is 3. The van der Waals surface area contributed by atoms with E-state index in [0.29, 0.717) is 11.1 Å². The largest absolute Gasteiger partial charge is 0.398 e. The third-order valence-corrected chi connectivity index (χ3v) is 4.90. The number of carbonyl (C=O) groups is 1. The van der Waals surface area contributed by atoms with E-state index in [1.165, 1.54) is 42.5 Å². The number of halogens is 2. The number of urea groups is 1. The van der Waals surface area contributed by atoms with Crippen molar-refractivity contribution in [3.8, 4) is 12.3 Å². The molecule has 7 N–H and O–H groups in total. The Hall–Kier alpha value is -4.33. The van der Waals surface area contributed by atoms with Crippen LogP contribution in [0.3, 0.4) is 0 Å². The monoisotopic (exact) mass is 465 g/mol. The maximum absolute atomic E-state index is 13.2. The number of aliphatic hydroxyl groups excluding tert-OH is 2. The van der Waals surface area contributed by atoms with Crippen LogP contribution in [0.2, 0.25) is 0 Å². The van der Waals surface area contributed by atoms with E-state index < -0.39 is 36.4 Å². The van der Waals surface area contributed by atoms with Gasteiger partial charge in [0.15, 0.2) is 0 Å². The molecule has 0 saturated heterocycles. The number of nitrogens with two attached hydrogens (primary N) is 1. The van der Waals surface area contributed by atoms with Crippen LogP contribution in [-0.4, -0.2) is 33.0 Å². The summed E-state index contributed by atoms with van der Waals surface area (Å²) in [7, 11) is 0. The highest BCUT2D eigenvalue weighted by Gasteiger charge is 2.23. The number of anilines is 2. The van der Waals surface area contributed by atoms with Crippen molar-refractivity contribution in [2.24, 2.45) is 0 Å². The Morgan fingerprint density at radius 1 is 1.15 bits per heavy atom. The molecule has 8 nitrogen and oxygen atoms in total. The zero-order chi connectivity index (χ0) is 24.8. The topological polar surface area (TPSA) is 144 Å². The summed E-state index contributed by atoms with van der Waals surface area (Å²) in [4.78, 5) is 16.7. The molecular formula is C24H21F2N5O3. The highest BCUT2D eigenvalue weighted by Crippen LogP contribution is 2.24. The average molecular weight is 465 g/mol. The number of nitrogens with zero attached hydrogens (tertiary/aromatic N) is 1. The maximum atomic E-state index is 13.2. The number of hydrogen-bond donors (Lipinski definition) is 6. The van der Waals surface area contributed by atoms with E-state index in [9.17, 15) is 23.8 Å². The number of terminal acetylenes is 1. The van der Waals surface area contributed by atoms with E-state index in [1.807, 2.05) is 0 Å². The Labute approximate surface area is 194 Å². The molecule has 34 heavy (non-hydrogen) atoms. The van der Waals surface area contributed by atoms with Crippen LogP contribution in [-0.2, 0) is 6.61 Å². The third-order valence-electron chi connectivity index (χ3n) is 4.90. The SMILES string of the molecule is C#C[C@@H](O)[C@@H](NC(=O)Nc1cc(N)c(C(=N)c2ccc(F)cc2)c(CO)n1)c1ccc(F)cc1. The maximum Gasteiger partial charge on any atom is 0.321 e. The van der Waals surface area contributed by atoms with Crippen LogP contribution >= 0.6 is 0 Å². The summed E-state index contributed by atoms with van der Waals surface area (Å²) in [6.07, 6.45) is 3.88. The van der Waals surface area contributed by atoms with Gasteiger partial charge in [-0.15, -0.1) is 6.42 Å². The second-order valence-electron chi connectivity index (χ2n) is 7.20. The minimum absolute atomic E-state index is 0.0170. The van der Waals surface area contributed by atoms with Crippen molar-refractivity contribution in [1.82, 2.24) is 10.3 Å². The molecule has 2 aromatic carbocycles. The molecule has 0 aliphatic rings. The van der Waals surface area contributed by atoms with Gasteiger partial charge in [0.2, 0.25) is 0 Å². The molecule has 0 aliphatic heterocycles. The zero-order valence-electron chi connectivity index (χ0n) is 17.7. The Balaban J connectivity index is 1.83. The van der Waals surface area contributed by atoms with Gasteiger partial charge >= 0.3 is 6.03 Å². The molecule has 0 aliphatic carbocycles. The number of pyridine rings is 1. The number of amides is 2.